The Hall–Kier alpha value is -2.16. The van der Waals surface area contributed by atoms with E-state index in [0.29, 0.717) is 24.6 Å². The van der Waals surface area contributed by atoms with E-state index in [1.54, 1.807) is 24.4 Å². The lowest BCUT2D eigenvalue weighted by Crippen LogP contribution is -2.37. The minimum absolute atomic E-state index is 0. The average Bonchev–Trinajstić information content (AvgIpc) is 2.58. The van der Waals surface area contributed by atoms with Crippen LogP contribution in [0.4, 0.5) is 0 Å². The summed E-state index contributed by atoms with van der Waals surface area (Å²) in [6.45, 7) is 3.81. The first kappa shape index (κ1) is 19.9. The third-order valence-electron chi connectivity index (χ3n) is 3.14. The Morgan fingerprint density at radius 2 is 2.04 bits per heavy atom. The van der Waals surface area contributed by atoms with Crippen molar-refractivity contribution in [3.8, 4) is 0 Å². The van der Waals surface area contributed by atoms with E-state index in [0.717, 1.165) is 17.8 Å². The van der Waals surface area contributed by atoms with Gasteiger partial charge in [-0.25, -0.2) is 4.99 Å². The van der Waals surface area contributed by atoms with Crippen LogP contribution in [0.25, 0.3) is 0 Å². The van der Waals surface area contributed by atoms with Crippen molar-refractivity contribution in [1.29, 1.82) is 0 Å². The molecule has 1 heterocycles. The van der Waals surface area contributed by atoms with Gasteiger partial charge in [0.25, 0.3) is 0 Å². The Morgan fingerprint density at radius 3 is 2.71 bits per heavy atom. The Bertz CT molecular complexity index is 676. The second kappa shape index (κ2) is 10.6. The first-order valence-electron chi connectivity index (χ1n) is 7.50. The molecule has 0 radical (unpaired) electrons. The van der Waals surface area contributed by atoms with Crippen LogP contribution >= 0.6 is 24.0 Å². The maximum atomic E-state index is 11.2. The molecule has 1 amide bonds. The van der Waals surface area contributed by atoms with Gasteiger partial charge in [-0.1, -0.05) is 18.2 Å². The maximum absolute atomic E-state index is 11.2. The van der Waals surface area contributed by atoms with Gasteiger partial charge in [0.05, 0.1) is 18.8 Å². The molecule has 0 aliphatic heterocycles. The molecule has 4 N–H and O–H groups in total. The van der Waals surface area contributed by atoms with Crippen LogP contribution in [-0.2, 0) is 13.1 Å². The fraction of sp³-hybridized carbons (Fsp3) is 0.235. The number of amides is 1. The van der Waals surface area contributed by atoms with Crippen LogP contribution in [0.5, 0.6) is 0 Å². The van der Waals surface area contributed by atoms with Crippen molar-refractivity contribution >= 4 is 35.8 Å². The molecule has 1 aromatic carbocycles. The predicted octanol–water partition coefficient (Wildman–Crippen LogP) is 2.05. The predicted molar refractivity (Wildman–Crippen MR) is 106 cm³/mol. The highest BCUT2D eigenvalue weighted by Gasteiger charge is 2.02. The van der Waals surface area contributed by atoms with Crippen LogP contribution in [0.15, 0.2) is 53.7 Å². The highest BCUT2D eigenvalue weighted by atomic mass is 127. The zero-order valence-electron chi connectivity index (χ0n) is 13.5. The first-order chi connectivity index (χ1) is 11.2. The quantitative estimate of drug-likeness (QED) is 0.365. The number of nitrogens with one attached hydrogen (secondary N) is 2. The minimum atomic E-state index is -0.434. The van der Waals surface area contributed by atoms with Gasteiger partial charge in [0, 0.05) is 18.3 Å². The van der Waals surface area contributed by atoms with E-state index in [2.05, 4.69) is 20.6 Å². The van der Waals surface area contributed by atoms with Crippen LogP contribution in [0.2, 0.25) is 0 Å². The van der Waals surface area contributed by atoms with Crippen LogP contribution in [0.3, 0.4) is 0 Å². The molecule has 128 valence electrons. The van der Waals surface area contributed by atoms with E-state index in [4.69, 9.17) is 5.73 Å². The van der Waals surface area contributed by atoms with Crippen molar-refractivity contribution in [1.82, 2.24) is 15.6 Å². The maximum Gasteiger partial charge on any atom is 0.248 e. The smallest absolute Gasteiger partial charge is 0.248 e. The van der Waals surface area contributed by atoms with Gasteiger partial charge in [-0.15, -0.1) is 24.0 Å². The second-order valence-electron chi connectivity index (χ2n) is 4.93. The van der Waals surface area contributed by atoms with Crippen molar-refractivity contribution in [3.63, 3.8) is 0 Å². The lowest BCUT2D eigenvalue weighted by molar-refractivity contribution is 0.1000. The van der Waals surface area contributed by atoms with E-state index in [-0.39, 0.29) is 24.0 Å². The zero-order chi connectivity index (χ0) is 16.5. The molecular weight excluding hydrogens is 417 g/mol. The summed E-state index contributed by atoms with van der Waals surface area (Å²) in [7, 11) is 0. The molecule has 1 aromatic heterocycles. The number of hydrogen-bond donors (Lipinski definition) is 3. The molecule has 0 aliphatic rings. The van der Waals surface area contributed by atoms with E-state index in [1.165, 1.54) is 0 Å². The molecule has 0 bridgehead atoms. The molecule has 0 fully saturated rings. The summed E-state index contributed by atoms with van der Waals surface area (Å²) in [5.41, 5.74) is 7.65. The Labute approximate surface area is 159 Å². The van der Waals surface area contributed by atoms with E-state index >= 15 is 0 Å². The molecular formula is C17H22IN5O. The van der Waals surface area contributed by atoms with E-state index in [9.17, 15) is 4.79 Å². The largest absolute Gasteiger partial charge is 0.366 e. The van der Waals surface area contributed by atoms with Crippen LogP contribution in [0.1, 0.15) is 28.5 Å². The minimum Gasteiger partial charge on any atom is -0.366 e. The number of benzene rings is 1. The van der Waals surface area contributed by atoms with Crippen molar-refractivity contribution in [2.24, 2.45) is 10.7 Å². The number of nitrogens with zero attached hydrogens (tertiary/aromatic N) is 2. The van der Waals surface area contributed by atoms with Crippen LogP contribution in [0, 0.1) is 0 Å². The first-order valence-corrected chi connectivity index (χ1v) is 7.50. The number of pyridine rings is 1. The summed E-state index contributed by atoms with van der Waals surface area (Å²) < 4.78 is 0. The molecule has 0 atom stereocenters. The molecule has 6 nitrogen and oxygen atoms in total. The van der Waals surface area contributed by atoms with Gasteiger partial charge in [-0.2, -0.15) is 0 Å². The number of rotatable bonds is 6. The molecule has 24 heavy (non-hydrogen) atoms. The standard InChI is InChI=1S/C17H21N5O.HI/c1-2-19-17(22-12-15-8-3-4-9-20-15)21-11-13-6-5-7-14(10-13)16(18)23;/h3-10H,2,11-12H2,1H3,(H2,18,23)(H2,19,21,22);1H. The van der Waals surface area contributed by atoms with Gasteiger partial charge < -0.3 is 16.4 Å². The molecule has 2 rings (SSSR count). The van der Waals surface area contributed by atoms with Gasteiger partial charge in [-0.05, 0) is 36.8 Å². The number of guanidine groups is 1. The summed E-state index contributed by atoms with van der Waals surface area (Å²) in [6.07, 6.45) is 1.76. The number of aliphatic imine (C=N–C) groups is 1. The summed E-state index contributed by atoms with van der Waals surface area (Å²) in [4.78, 5) is 20.0. The van der Waals surface area contributed by atoms with Crippen LogP contribution < -0.4 is 16.4 Å². The van der Waals surface area contributed by atoms with Crippen molar-refractivity contribution in [2.75, 3.05) is 6.54 Å². The number of primary amides is 1. The van der Waals surface area contributed by atoms with Gasteiger partial charge in [0.1, 0.15) is 0 Å². The fourth-order valence-corrected chi connectivity index (χ4v) is 2.01. The summed E-state index contributed by atoms with van der Waals surface area (Å²) in [6, 6.07) is 13.0. The number of aromatic nitrogens is 1. The number of carbonyl (C=O) groups excluding carboxylic acids is 1. The second-order valence-corrected chi connectivity index (χ2v) is 4.93. The highest BCUT2D eigenvalue weighted by molar-refractivity contribution is 14.0. The van der Waals surface area contributed by atoms with Crippen molar-refractivity contribution in [3.05, 3.63) is 65.5 Å². The number of hydrogen-bond acceptors (Lipinski definition) is 3. The van der Waals surface area contributed by atoms with Gasteiger partial charge >= 0.3 is 0 Å². The third kappa shape index (κ3) is 6.53. The topological polar surface area (TPSA) is 92.4 Å². The molecule has 0 saturated carbocycles. The molecule has 2 aromatic rings. The lowest BCUT2D eigenvalue weighted by Gasteiger charge is -2.11. The molecule has 0 saturated heterocycles. The molecule has 7 heteroatoms. The van der Waals surface area contributed by atoms with Gasteiger partial charge in [-0.3, -0.25) is 9.78 Å². The summed E-state index contributed by atoms with van der Waals surface area (Å²) >= 11 is 0. The summed E-state index contributed by atoms with van der Waals surface area (Å²) in [5.74, 6) is 0.263. The number of carbonyl (C=O) groups is 1. The van der Waals surface area contributed by atoms with E-state index in [1.807, 2.05) is 31.2 Å². The molecule has 0 spiro atoms. The normalized spacial score (nSPS) is 10.6. The SMILES string of the molecule is CCNC(=NCc1cccc(C(N)=O)c1)NCc1ccccn1.I. The Balaban J connectivity index is 0.00000288. The monoisotopic (exact) mass is 439 g/mol. The van der Waals surface area contributed by atoms with Crippen LogP contribution in [-0.4, -0.2) is 23.4 Å². The van der Waals surface area contributed by atoms with Gasteiger partial charge in [0.15, 0.2) is 5.96 Å². The molecule has 0 unspecified atom stereocenters. The molecule has 0 aliphatic carbocycles. The zero-order valence-corrected chi connectivity index (χ0v) is 15.9. The summed E-state index contributed by atoms with van der Waals surface area (Å²) in [5, 5.41) is 6.41. The van der Waals surface area contributed by atoms with E-state index < -0.39 is 5.91 Å². The fourth-order valence-electron chi connectivity index (χ4n) is 2.01. The average molecular weight is 439 g/mol. The number of halogens is 1. The highest BCUT2D eigenvalue weighted by Crippen LogP contribution is 2.06. The van der Waals surface area contributed by atoms with Crippen molar-refractivity contribution < 1.29 is 4.79 Å². The Morgan fingerprint density at radius 1 is 1.21 bits per heavy atom. The number of nitrogens with two attached hydrogens (primary N) is 1. The van der Waals surface area contributed by atoms with Crippen molar-refractivity contribution in [2.45, 2.75) is 20.0 Å². The van der Waals surface area contributed by atoms with Gasteiger partial charge in [0.2, 0.25) is 5.91 Å². The lowest BCUT2D eigenvalue weighted by atomic mass is 10.1. The third-order valence-corrected chi connectivity index (χ3v) is 3.14. The Kier molecular flexibility index (Phi) is 8.77.